The molecule has 0 spiro atoms. The summed E-state index contributed by atoms with van der Waals surface area (Å²) in [6.45, 7) is 4.52. The molecule has 3 N–H and O–H groups in total. The lowest BCUT2D eigenvalue weighted by molar-refractivity contribution is 0.0696. The molecule has 3 nitrogen and oxygen atoms in total. The van der Waals surface area contributed by atoms with Gasteiger partial charge in [-0.25, -0.2) is 4.79 Å². The summed E-state index contributed by atoms with van der Waals surface area (Å²) in [4.78, 5) is 11.3. The highest BCUT2D eigenvalue weighted by Gasteiger charge is 2.36. The molecule has 2 rings (SSSR count). The van der Waals surface area contributed by atoms with E-state index in [1.54, 1.807) is 0 Å². The van der Waals surface area contributed by atoms with Crippen LogP contribution in [-0.4, -0.2) is 17.6 Å². The molecule has 0 heterocycles. The fourth-order valence-electron chi connectivity index (χ4n) is 3.29. The maximum Gasteiger partial charge on any atom is 0.335 e. The minimum atomic E-state index is -0.848. The number of aromatic carboxylic acids is 1. The summed E-state index contributed by atoms with van der Waals surface area (Å²) in [5.41, 5.74) is 9.54. The van der Waals surface area contributed by atoms with Crippen LogP contribution in [0.1, 0.15) is 52.7 Å². The minimum Gasteiger partial charge on any atom is -0.478 e. The summed E-state index contributed by atoms with van der Waals surface area (Å²) in [6, 6.07) is 3.83. The smallest absolute Gasteiger partial charge is 0.335 e. The van der Waals surface area contributed by atoms with Gasteiger partial charge in [0.2, 0.25) is 0 Å². The number of nitrogens with two attached hydrogens (primary N) is 1. The van der Waals surface area contributed by atoms with Gasteiger partial charge in [0.15, 0.2) is 0 Å². The lowest BCUT2D eigenvalue weighted by atomic mass is 9.76. The summed E-state index contributed by atoms with van der Waals surface area (Å²) < 4.78 is 0. The maximum absolute atomic E-state index is 11.3. The van der Waals surface area contributed by atoms with Crippen molar-refractivity contribution in [2.75, 3.05) is 6.54 Å². The standard InChI is InChI=1S/C15H21NO2/c1-10-7-11(2)13(8-12(10)14(17)18)15(9-16)5-3-4-6-15/h7-8H,3-6,9,16H2,1-2H3,(H,17,18). The zero-order valence-electron chi connectivity index (χ0n) is 11.1. The third kappa shape index (κ3) is 2.03. The van der Waals surface area contributed by atoms with Crippen LogP contribution in [0.15, 0.2) is 12.1 Å². The SMILES string of the molecule is Cc1cc(C)c(C2(CN)CCCC2)cc1C(=O)O. The molecule has 1 aliphatic rings. The number of rotatable bonds is 3. The van der Waals surface area contributed by atoms with Crippen LogP contribution in [0.2, 0.25) is 0 Å². The zero-order valence-corrected chi connectivity index (χ0v) is 11.1. The molecule has 3 heteroatoms. The molecule has 0 bridgehead atoms. The molecular weight excluding hydrogens is 226 g/mol. The summed E-state index contributed by atoms with van der Waals surface area (Å²) >= 11 is 0. The minimum absolute atomic E-state index is 0.00197. The van der Waals surface area contributed by atoms with Gasteiger partial charge < -0.3 is 10.8 Å². The van der Waals surface area contributed by atoms with Gasteiger partial charge in [0.1, 0.15) is 0 Å². The molecule has 98 valence electrons. The lowest BCUT2D eigenvalue weighted by Gasteiger charge is -2.30. The Bertz CT molecular complexity index is 474. The van der Waals surface area contributed by atoms with Crippen LogP contribution < -0.4 is 5.73 Å². The molecule has 0 aromatic heterocycles. The van der Waals surface area contributed by atoms with Crippen molar-refractivity contribution in [1.29, 1.82) is 0 Å². The highest BCUT2D eigenvalue weighted by atomic mass is 16.4. The van der Waals surface area contributed by atoms with Crippen molar-refractivity contribution in [3.63, 3.8) is 0 Å². The second kappa shape index (κ2) is 4.73. The Balaban J connectivity index is 2.56. The van der Waals surface area contributed by atoms with Crippen molar-refractivity contribution < 1.29 is 9.90 Å². The highest BCUT2D eigenvalue weighted by Crippen LogP contribution is 2.42. The van der Waals surface area contributed by atoms with Crippen LogP contribution in [-0.2, 0) is 5.41 Å². The molecule has 0 radical (unpaired) electrons. The maximum atomic E-state index is 11.3. The quantitative estimate of drug-likeness (QED) is 0.863. The predicted octanol–water partition coefficient (Wildman–Crippen LogP) is 2.77. The van der Waals surface area contributed by atoms with E-state index in [1.807, 2.05) is 19.1 Å². The van der Waals surface area contributed by atoms with E-state index in [0.717, 1.165) is 24.0 Å². The van der Waals surface area contributed by atoms with E-state index >= 15 is 0 Å². The fraction of sp³-hybridized carbons (Fsp3) is 0.533. The molecule has 1 saturated carbocycles. The van der Waals surface area contributed by atoms with Crippen LogP contribution in [0.3, 0.4) is 0 Å². The second-order valence-corrected chi connectivity index (χ2v) is 5.48. The molecule has 0 amide bonds. The number of benzene rings is 1. The molecule has 0 aliphatic heterocycles. The van der Waals surface area contributed by atoms with Gasteiger partial charge in [-0.1, -0.05) is 18.9 Å². The summed E-state index contributed by atoms with van der Waals surface area (Å²) in [7, 11) is 0. The van der Waals surface area contributed by atoms with E-state index in [1.165, 1.54) is 18.4 Å². The van der Waals surface area contributed by atoms with Crippen LogP contribution >= 0.6 is 0 Å². The number of aryl methyl sites for hydroxylation is 2. The number of carbonyl (C=O) groups is 1. The van der Waals surface area contributed by atoms with Gasteiger partial charge in [-0.15, -0.1) is 0 Å². The van der Waals surface area contributed by atoms with Crippen molar-refractivity contribution in [3.05, 3.63) is 34.4 Å². The first kappa shape index (κ1) is 13.1. The van der Waals surface area contributed by atoms with Crippen molar-refractivity contribution in [1.82, 2.24) is 0 Å². The summed E-state index contributed by atoms with van der Waals surface area (Å²) in [5.74, 6) is -0.848. The summed E-state index contributed by atoms with van der Waals surface area (Å²) in [5, 5.41) is 9.25. The molecule has 1 aliphatic carbocycles. The number of hydrogen-bond acceptors (Lipinski definition) is 2. The molecule has 18 heavy (non-hydrogen) atoms. The molecule has 0 unspecified atom stereocenters. The number of carboxylic acids is 1. The lowest BCUT2D eigenvalue weighted by Crippen LogP contribution is -2.33. The van der Waals surface area contributed by atoms with E-state index < -0.39 is 5.97 Å². The van der Waals surface area contributed by atoms with Crippen LogP contribution in [0.4, 0.5) is 0 Å². The average Bonchev–Trinajstić information content (AvgIpc) is 2.78. The Morgan fingerprint density at radius 3 is 2.39 bits per heavy atom. The van der Waals surface area contributed by atoms with Crippen molar-refractivity contribution in [2.45, 2.75) is 44.9 Å². The Labute approximate surface area is 108 Å². The molecule has 0 saturated heterocycles. The largest absolute Gasteiger partial charge is 0.478 e. The van der Waals surface area contributed by atoms with E-state index in [9.17, 15) is 9.90 Å². The van der Waals surface area contributed by atoms with Gasteiger partial charge in [-0.3, -0.25) is 0 Å². The molecular formula is C15H21NO2. The third-order valence-electron chi connectivity index (χ3n) is 4.32. The van der Waals surface area contributed by atoms with Crippen LogP contribution in [0.25, 0.3) is 0 Å². The molecule has 1 aromatic rings. The Kier molecular flexibility index (Phi) is 3.44. The zero-order chi connectivity index (χ0) is 13.3. The van der Waals surface area contributed by atoms with E-state index in [4.69, 9.17) is 5.73 Å². The van der Waals surface area contributed by atoms with Crippen LogP contribution in [0.5, 0.6) is 0 Å². The predicted molar refractivity (Wildman–Crippen MR) is 72.1 cm³/mol. The Morgan fingerprint density at radius 2 is 1.89 bits per heavy atom. The number of hydrogen-bond donors (Lipinski definition) is 2. The van der Waals surface area contributed by atoms with Gasteiger partial charge in [0.25, 0.3) is 0 Å². The molecule has 1 aromatic carbocycles. The monoisotopic (exact) mass is 247 g/mol. The van der Waals surface area contributed by atoms with E-state index in [0.29, 0.717) is 12.1 Å². The van der Waals surface area contributed by atoms with E-state index in [2.05, 4.69) is 6.92 Å². The first-order chi connectivity index (χ1) is 8.50. The van der Waals surface area contributed by atoms with Crippen molar-refractivity contribution in [2.24, 2.45) is 5.73 Å². The van der Waals surface area contributed by atoms with Crippen LogP contribution in [0, 0.1) is 13.8 Å². The Hall–Kier alpha value is -1.35. The Morgan fingerprint density at radius 1 is 1.28 bits per heavy atom. The molecule has 1 fully saturated rings. The topological polar surface area (TPSA) is 63.3 Å². The van der Waals surface area contributed by atoms with Gasteiger partial charge in [-0.05, 0) is 49.4 Å². The fourth-order valence-corrected chi connectivity index (χ4v) is 3.29. The van der Waals surface area contributed by atoms with Gasteiger partial charge in [-0.2, -0.15) is 0 Å². The van der Waals surface area contributed by atoms with E-state index in [-0.39, 0.29) is 5.41 Å². The third-order valence-corrected chi connectivity index (χ3v) is 4.32. The van der Waals surface area contributed by atoms with Gasteiger partial charge >= 0.3 is 5.97 Å². The summed E-state index contributed by atoms with van der Waals surface area (Å²) in [6.07, 6.45) is 4.53. The highest BCUT2D eigenvalue weighted by molar-refractivity contribution is 5.89. The molecule has 0 atom stereocenters. The first-order valence-corrected chi connectivity index (χ1v) is 6.55. The second-order valence-electron chi connectivity index (χ2n) is 5.48. The van der Waals surface area contributed by atoms with Crippen molar-refractivity contribution >= 4 is 5.97 Å². The average molecular weight is 247 g/mol. The number of carboxylic acid groups (broad SMARTS) is 1. The van der Waals surface area contributed by atoms with Gasteiger partial charge in [0, 0.05) is 12.0 Å². The first-order valence-electron chi connectivity index (χ1n) is 6.55. The van der Waals surface area contributed by atoms with Crippen molar-refractivity contribution in [3.8, 4) is 0 Å². The van der Waals surface area contributed by atoms with Gasteiger partial charge in [0.05, 0.1) is 5.56 Å². The normalized spacial score (nSPS) is 17.9.